The molecule has 3 aromatic rings. The summed E-state index contributed by atoms with van der Waals surface area (Å²) < 4.78 is 10.6. The van der Waals surface area contributed by atoms with Gasteiger partial charge in [-0.1, -0.05) is 13.8 Å². The fourth-order valence-electron chi connectivity index (χ4n) is 2.64. The Kier molecular flexibility index (Phi) is 5.95. The van der Waals surface area contributed by atoms with E-state index in [1.807, 2.05) is 13.8 Å². The number of aromatic nitrogens is 3. The van der Waals surface area contributed by atoms with Crippen LogP contribution in [-0.2, 0) is 11.2 Å². The molecule has 25 heavy (non-hydrogen) atoms. The van der Waals surface area contributed by atoms with Gasteiger partial charge in [0, 0.05) is 24.5 Å². The molecule has 1 aliphatic rings. The summed E-state index contributed by atoms with van der Waals surface area (Å²) in [5, 5.41) is 0.905. The molecule has 7 nitrogen and oxygen atoms in total. The van der Waals surface area contributed by atoms with Crippen molar-refractivity contribution in [3.05, 3.63) is 23.4 Å². The lowest BCUT2D eigenvalue weighted by atomic mass is 10.2. The Morgan fingerprint density at radius 2 is 2.04 bits per heavy atom. The molecule has 2 N–H and O–H groups in total. The minimum atomic E-state index is 0.391. The number of fused-ring (bicyclic) bond motifs is 1. The first-order valence-electron chi connectivity index (χ1n) is 8.55. The molecule has 0 radical (unpaired) electrons. The molecule has 4 rings (SSSR count). The summed E-state index contributed by atoms with van der Waals surface area (Å²) in [6.45, 7) is 8.67. The van der Waals surface area contributed by atoms with E-state index in [-0.39, 0.29) is 0 Å². The number of morpholine rings is 1. The average Bonchev–Trinajstić information content (AvgIpc) is 3.32. The lowest BCUT2D eigenvalue weighted by molar-refractivity contribution is 0.0385. The van der Waals surface area contributed by atoms with E-state index in [2.05, 4.69) is 25.9 Å². The predicted octanol–water partition coefficient (Wildman–Crippen LogP) is 2.83. The lowest BCUT2D eigenvalue weighted by Crippen LogP contribution is -2.37. The zero-order chi connectivity index (χ0) is 17.6. The molecule has 0 aromatic carbocycles. The molecule has 0 saturated carbocycles. The summed E-state index contributed by atoms with van der Waals surface area (Å²) in [5.41, 5.74) is 6.07. The fraction of sp³-hybridized carbons (Fsp3) is 0.471. The number of oxazole rings is 1. The Hall–Kier alpha value is -2.03. The Morgan fingerprint density at radius 3 is 2.76 bits per heavy atom. The standard InChI is InChI=1S/C15H17N5O2S.C2H6/c16-12-11-9-10(1-3-20-4-7-21-8-5-20)23-15(11)19-13(18-12)14-17-2-6-22-14;1-2/h2,6,9H,1,3-5,7-8H2,(H2,16,18,19);1-2H3. The van der Waals surface area contributed by atoms with E-state index in [9.17, 15) is 0 Å². The van der Waals surface area contributed by atoms with Crippen molar-refractivity contribution >= 4 is 27.4 Å². The van der Waals surface area contributed by atoms with Crippen LogP contribution in [-0.4, -0.2) is 52.7 Å². The van der Waals surface area contributed by atoms with Gasteiger partial charge in [0.1, 0.15) is 16.9 Å². The van der Waals surface area contributed by atoms with E-state index in [0.717, 1.165) is 49.5 Å². The van der Waals surface area contributed by atoms with Gasteiger partial charge in [0.25, 0.3) is 5.89 Å². The normalized spacial score (nSPS) is 15.1. The molecule has 1 saturated heterocycles. The number of nitrogens with two attached hydrogens (primary N) is 1. The molecule has 1 aliphatic heterocycles. The van der Waals surface area contributed by atoms with Gasteiger partial charge in [-0.2, -0.15) is 0 Å². The van der Waals surface area contributed by atoms with Crippen LogP contribution >= 0.6 is 11.3 Å². The predicted molar refractivity (Wildman–Crippen MR) is 99.6 cm³/mol. The summed E-state index contributed by atoms with van der Waals surface area (Å²) >= 11 is 1.65. The van der Waals surface area contributed by atoms with Crippen molar-refractivity contribution in [2.24, 2.45) is 0 Å². The van der Waals surface area contributed by atoms with Gasteiger partial charge in [-0.25, -0.2) is 15.0 Å². The Bertz CT molecular complexity index is 797. The van der Waals surface area contributed by atoms with Gasteiger partial charge in [0.15, 0.2) is 0 Å². The first-order valence-corrected chi connectivity index (χ1v) is 9.37. The third-order valence-corrected chi connectivity index (χ3v) is 4.96. The first kappa shape index (κ1) is 17.8. The van der Waals surface area contributed by atoms with Crippen molar-refractivity contribution in [1.82, 2.24) is 19.9 Å². The zero-order valence-electron chi connectivity index (χ0n) is 14.6. The number of thiophene rings is 1. The van der Waals surface area contributed by atoms with Gasteiger partial charge in [0.2, 0.25) is 5.82 Å². The van der Waals surface area contributed by atoms with E-state index < -0.39 is 0 Å². The highest BCUT2D eigenvalue weighted by atomic mass is 32.1. The number of nitrogen functional groups attached to an aromatic ring is 1. The van der Waals surface area contributed by atoms with Gasteiger partial charge in [0.05, 0.1) is 24.8 Å². The first-order chi connectivity index (χ1) is 12.3. The minimum Gasteiger partial charge on any atom is -0.442 e. The second kappa shape index (κ2) is 8.37. The molecule has 1 fully saturated rings. The monoisotopic (exact) mass is 361 g/mol. The second-order valence-electron chi connectivity index (χ2n) is 5.41. The maximum absolute atomic E-state index is 6.07. The summed E-state index contributed by atoms with van der Waals surface area (Å²) in [4.78, 5) is 17.5. The number of nitrogens with zero attached hydrogens (tertiary/aromatic N) is 4. The molecule has 8 heteroatoms. The Labute approximate surface area is 150 Å². The maximum Gasteiger partial charge on any atom is 0.264 e. The van der Waals surface area contributed by atoms with Gasteiger partial charge in [-0.15, -0.1) is 11.3 Å². The number of hydrogen-bond acceptors (Lipinski definition) is 8. The number of ether oxygens (including phenoxy) is 1. The van der Waals surface area contributed by atoms with Crippen LogP contribution in [0.1, 0.15) is 18.7 Å². The molecule has 0 bridgehead atoms. The SMILES string of the molecule is CC.Nc1nc(-c2ncco2)nc2sc(CCN3CCOCC3)cc12. The Balaban J connectivity index is 0.000000880. The van der Waals surface area contributed by atoms with Crippen LogP contribution in [0, 0.1) is 0 Å². The van der Waals surface area contributed by atoms with Crippen molar-refractivity contribution in [2.75, 3.05) is 38.6 Å². The van der Waals surface area contributed by atoms with Crippen LogP contribution in [0.15, 0.2) is 22.9 Å². The molecule has 0 atom stereocenters. The molecule has 134 valence electrons. The van der Waals surface area contributed by atoms with E-state index in [1.165, 1.54) is 11.1 Å². The van der Waals surface area contributed by atoms with E-state index in [0.29, 0.717) is 17.5 Å². The third-order valence-electron chi connectivity index (χ3n) is 3.87. The van der Waals surface area contributed by atoms with Gasteiger partial charge in [-0.05, 0) is 12.5 Å². The van der Waals surface area contributed by atoms with Crippen molar-refractivity contribution in [3.8, 4) is 11.7 Å². The van der Waals surface area contributed by atoms with Crippen molar-refractivity contribution < 1.29 is 9.15 Å². The largest absolute Gasteiger partial charge is 0.442 e. The zero-order valence-corrected chi connectivity index (χ0v) is 15.4. The lowest BCUT2D eigenvalue weighted by Gasteiger charge is -2.26. The van der Waals surface area contributed by atoms with E-state index >= 15 is 0 Å². The molecule has 0 unspecified atom stereocenters. The van der Waals surface area contributed by atoms with Crippen molar-refractivity contribution in [2.45, 2.75) is 20.3 Å². The topological polar surface area (TPSA) is 90.3 Å². The number of rotatable bonds is 4. The Morgan fingerprint density at radius 1 is 1.24 bits per heavy atom. The highest BCUT2D eigenvalue weighted by molar-refractivity contribution is 7.18. The van der Waals surface area contributed by atoms with Crippen LogP contribution in [0.25, 0.3) is 21.9 Å². The molecule has 0 amide bonds. The highest BCUT2D eigenvalue weighted by Gasteiger charge is 2.15. The van der Waals surface area contributed by atoms with E-state index in [1.54, 1.807) is 17.5 Å². The smallest absolute Gasteiger partial charge is 0.264 e. The number of anilines is 1. The highest BCUT2D eigenvalue weighted by Crippen LogP contribution is 2.30. The van der Waals surface area contributed by atoms with Crippen LogP contribution in [0.4, 0.5) is 5.82 Å². The summed E-state index contributed by atoms with van der Waals surface area (Å²) in [6, 6.07) is 2.09. The molecule has 0 aliphatic carbocycles. The van der Waals surface area contributed by atoms with Crippen LogP contribution in [0.3, 0.4) is 0 Å². The van der Waals surface area contributed by atoms with Crippen LogP contribution in [0.2, 0.25) is 0 Å². The van der Waals surface area contributed by atoms with Crippen LogP contribution in [0.5, 0.6) is 0 Å². The van der Waals surface area contributed by atoms with Crippen molar-refractivity contribution in [1.29, 1.82) is 0 Å². The number of hydrogen-bond donors (Lipinski definition) is 1. The summed E-state index contributed by atoms with van der Waals surface area (Å²) in [5.74, 6) is 1.29. The van der Waals surface area contributed by atoms with Crippen molar-refractivity contribution in [3.63, 3.8) is 0 Å². The summed E-state index contributed by atoms with van der Waals surface area (Å²) in [6.07, 6.45) is 4.05. The third kappa shape index (κ3) is 4.15. The van der Waals surface area contributed by atoms with Gasteiger partial charge >= 0.3 is 0 Å². The molecular formula is C17H23N5O2S. The quantitative estimate of drug-likeness (QED) is 0.764. The average molecular weight is 361 g/mol. The molecule has 4 heterocycles. The maximum atomic E-state index is 6.07. The summed E-state index contributed by atoms with van der Waals surface area (Å²) in [7, 11) is 0. The van der Waals surface area contributed by atoms with Gasteiger partial charge in [-0.3, -0.25) is 4.90 Å². The fourth-order valence-corrected chi connectivity index (χ4v) is 3.66. The molecule has 3 aromatic heterocycles. The van der Waals surface area contributed by atoms with Crippen LogP contribution < -0.4 is 5.73 Å². The van der Waals surface area contributed by atoms with E-state index in [4.69, 9.17) is 14.9 Å². The minimum absolute atomic E-state index is 0.391. The second-order valence-corrected chi connectivity index (χ2v) is 6.52. The van der Waals surface area contributed by atoms with Gasteiger partial charge < -0.3 is 14.9 Å². The molecule has 0 spiro atoms. The molecular weight excluding hydrogens is 338 g/mol.